The van der Waals surface area contributed by atoms with Crippen LogP contribution in [0.15, 0.2) is 24.3 Å². The molecule has 1 aliphatic rings. The number of benzene rings is 1. The lowest BCUT2D eigenvalue weighted by Crippen LogP contribution is -2.32. The molecule has 2 heteroatoms. The lowest BCUT2D eigenvalue weighted by molar-refractivity contribution is -0.0316. The average Bonchev–Trinajstić information content (AvgIpc) is 2.41. The lowest BCUT2D eigenvalue weighted by atomic mass is 9.71. The fourth-order valence-corrected chi connectivity index (χ4v) is 3.51. The molecule has 0 bridgehead atoms. The molecule has 2 atom stereocenters. The monoisotopic (exact) mass is 285 g/mol. The second-order valence-corrected chi connectivity index (χ2v) is 7.01. The van der Waals surface area contributed by atoms with Gasteiger partial charge in [-0.15, -0.1) is 0 Å². The SMILES string of the molecule is CC1CC(OCc2ccccc2C#CCN)CC(C)(C)C1. The van der Waals surface area contributed by atoms with Gasteiger partial charge in [-0.1, -0.05) is 50.8 Å². The molecule has 0 saturated heterocycles. The molecule has 0 spiro atoms. The first-order valence-corrected chi connectivity index (χ1v) is 7.88. The van der Waals surface area contributed by atoms with Gasteiger partial charge in [0.1, 0.15) is 0 Å². The summed E-state index contributed by atoms with van der Waals surface area (Å²) >= 11 is 0. The van der Waals surface area contributed by atoms with Crippen molar-refractivity contribution < 1.29 is 4.74 Å². The first kappa shape index (κ1) is 16.1. The Morgan fingerprint density at radius 3 is 2.76 bits per heavy atom. The molecule has 2 N–H and O–H groups in total. The molecule has 1 aromatic carbocycles. The third-order valence-electron chi connectivity index (χ3n) is 4.16. The summed E-state index contributed by atoms with van der Waals surface area (Å²) in [6, 6.07) is 8.18. The molecule has 21 heavy (non-hydrogen) atoms. The smallest absolute Gasteiger partial charge is 0.0732 e. The van der Waals surface area contributed by atoms with E-state index in [0.29, 0.717) is 24.7 Å². The molecule has 1 aliphatic carbocycles. The van der Waals surface area contributed by atoms with Gasteiger partial charge in [0.2, 0.25) is 0 Å². The second kappa shape index (κ2) is 7.11. The Morgan fingerprint density at radius 2 is 2.05 bits per heavy atom. The van der Waals surface area contributed by atoms with Crippen LogP contribution in [0.1, 0.15) is 51.2 Å². The van der Waals surface area contributed by atoms with Crippen molar-refractivity contribution in [2.24, 2.45) is 17.1 Å². The van der Waals surface area contributed by atoms with Gasteiger partial charge in [0.05, 0.1) is 19.3 Å². The molecule has 0 heterocycles. The number of hydrogen-bond acceptors (Lipinski definition) is 2. The summed E-state index contributed by atoms with van der Waals surface area (Å²) in [6.45, 7) is 8.06. The van der Waals surface area contributed by atoms with Crippen LogP contribution in [0.25, 0.3) is 0 Å². The van der Waals surface area contributed by atoms with Crippen molar-refractivity contribution in [1.82, 2.24) is 0 Å². The molecule has 0 aromatic heterocycles. The van der Waals surface area contributed by atoms with Crippen molar-refractivity contribution in [1.29, 1.82) is 0 Å². The van der Waals surface area contributed by atoms with Gasteiger partial charge >= 0.3 is 0 Å². The van der Waals surface area contributed by atoms with Gasteiger partial charge in [-0.25, -0.2) is 0 Å². The predicted octanol–water partition coefficient (Wildman–Crippen LogP) is 3.73. The van der Waals surface area contributed by atoms with Gasteiger partial charge in [0, 0.05) is 5.56 Å². The Kier molecular flexibility index (Phi) is 5.45. The molecule has 114 valence electrons. The Morgan fingerprint density at radius 1 is 1.29 bits per heavy atom. The minimum absolute atomic E-state index is 0.360. The maximum atomic E-state index is 6.20. The number of hydrogen-bond donors (Lipinski definition) is 1. The summed E-state index contributed by atoms with van der Waals surface area (Å²) in [6.07, 6.45) is 3.97. The molecular weight excluding hydrogens is 258 g/mol. The molecular formula is C19H27NO. The van der Waals surface area contributed by atoms with Crippen LogP contribution < -0.4 is 5.73 Å². The van der Waals surface area contributed by atoms with Crippen LogP contribution in [-0.2, 0) is 11.3 Å². The highest BCUT2D eigenvalue weighted by atomic mass is 16.5. The van der Waals surface area contributed by atoms with Crippen molar-refractivity contribution in [3.05, 3.63) is 35.4 Å². The number of nitrogens with two attached hydrogens (primary N) is 1. The van der Waals surface area contributed by atoms with E-state index in [-0.39, 0.29) is 0 Å². The maximum absolute atomic E-state index is 6.20. The molecule has 2 rings (SSSR count). The van der Waals surface area contributed by atoms with E-state index in [1.54, 1.807) is 0 Å². The van der Waals surface area contributed by atoms with Crippen molar-refractivity contribution in [2.75, 3.05) is 6.54 Å². The topological polar surface area (TPSA) is 35.2 Å². The number of ether oxygens (including phenoxy) is 1. The largest absolute Gasteiger partial charge is 0.373 e. The van der Waals surface area contributed by atoms with E-state index in [9.17, 15) is 0 Å². The van der Waals surface area contributed by atoms with Gasteiger partial charge in [0.15, 0.2) is 0 Å². The van der Waals surface area contributed by atoms with Crippen LogP contribution in [0.3, 0.4) is 0 Å². The Bertz CT molecular complexity index is 524. The van der Waals surface area contributed by atoms with Crippen LogP contribution in [0.2, 0.25) is 0 Å². The van der Waals surface area contributed by atoms with E-state index in [0.717, 1.165) is 23.5 Å². The maximum Gasteiger partial charge on any atom is 0.0732 e. The summed E-state index contributed by atoms with van der Waals surface area (Å²) in [4.78, 5) is 0. The molecule has 0 aliphatic heterocycles. The van der Waals surface area contributed by atoms with E-state index in [1.165, 1.54) is 12.8 Å². The minimum atomic E-state index is 0.360. The second-order valence-electron chi connectivity index (χ2n) is 7.01. The van der Waals surface area contributed by atoms with Crippen LogP contribution in [-0.4, -0.2) is 12.6 Å². The highest BCUT2D eigenvalue weighted by Gasteiger charge is 2.32. The Labute approximate surface area is 129 Å². The Balaban J connectivity index is 2.00. The zero-order chi connectivity index (χ0) is 15.3. The third-order valence-corrected chi connectivity index (χ3v) is 4.16. The Hall–Kier alpha value is -1.30. The van der Waals surface area contributed by atoms with Gasteiger partial charge in [-0.2, -0.15) is 0 Å². The van der Waals surface area contributed by atoms with Crippen molar-refractivity contribution in [3.63, 3.8) is 0 Å². The van der Waals surface area contributed by atoms with Crippen LogP contribution in [0, 0.1) is 23.2 Å². The van der Waals surface area contributed by atoms with Crippen molar-refractivity contribution in [3.8, 4) is 11.8 Å². The van der Waals surface area contributed by atoms with E-state index < -0.39 is 0 Å². The zero-order valence-corrected chi connectivity index (χ0v) is 13.5. The number of rotatable bonds is 3. The molecule has 2 nitrogen and oxygen atoms in total. The van der Waals surface area contributed by atoms with Crippen LogP contribution in [0.5, 0.6) is 0 Å². The lowest BCUT2D eigenvalue weighted by Gasteiger charge is -2.38. The van der Waals surface area contributed by atoms with Gasteiger partial charge in [0.25, 0.3) is 0 Å². The summed E-state index contributed by atoms with van der Waals surface area (Å²) in [5.74, 6) is 6.80. The first-order valence-electron chi connectivity index (χ1n) is 7.88. The van der Waals surface area contributed by atoms with Gasteiger partial charge in [-0.3, -0.25) is 0 Å². The van der Waals surface area contributed by atoms with Crippen molar-refractivity contribution >= 4 is 0 Å². The predicted molar refractivity (Wildman–Crippen MR) is 87.7 cm³/mol. The van der Waals surface area contributed by atoms with E-state index in [1.807, 2.05) is 18.2 Å². The molecule has 1 saturated carbocycles. The molecule has 2 unspecified atom stereocenters. The highest BCUT2D eigenvalue weighted by Crippen LogP contribution is 2.39. The molecule has 0 radical (unpaired) electrons. The standard InChI is InChI=1S/C19H27NO/c1-15-11-18(13-19(2,3)12-15)21-14-17-8-5-4-7-16(17)9-6-10-20/h4-5,7-8,15,18H,10-14,20H2,1-3H3. The fraction of sp³-hybridized carbons (Fsp3) is 0.579. The average molecular weight is 285 g/mol. The molecule has 1 aromatic rings. The van der Waals surface area contributed by atoms with Gasteiger partial charge in [-0.05, 0) is 42.2 Å². The van der Waals surface area contributed by atoms with Crippen LogP contribution >= 0.6 is 0 Å². The van der Waals surface area contributed by atoms with E-state index in [4.69, 9.17) is 10.5 Å². The normalized spacial score (nSPS) is 24.2. The zero-order valence-electron chi connectivity index (χ0n) is 13.5. The summed E-state index contributed by atoms with van der Waals surface area (Å²) in [7, 11) is 0. The molecule has 1 fully saturated rings. The van der Waals surface area contributed by atoms with Gasteiger partial charge < -0.3 is 10.5 Å². The first-order chi connectivity index (χ1) is 10.00. The summed E-state index contributed by atoms with van der Waals surface area (Å²) in [5.41, 5.74) is 8.04. The van der Waals surface area contributed by atoms with Crippen LogP contribution in [0.4, 0.5) is 0 Å². The minimum Gasteiger partial charge on any atom is -0.373 e. The van der Waals surface area contributed by atoms with Crippen molar-refractivity contribution in [2.45, 2.75) is 52.7 Å². The molecule has 0 amide bonds. The third kappa shape index (κ3) is 4.88. The summed E-state index contributed by atoms with van der Waals surface area (Å²) < 4.78 is 6.20. The fourth-order valence-electron chi connectivity index (χ4n) is 3.51. The highest BCUT2D eigenvalue weighted by molar-refractivity contribution is 5.41. The summed E-state index contributed by atoms with van der Waals surface area (Å²) in [5, 5.41) is 0. The van der Waals surface area contributed by atoms with E-state index in [2.05, 4.69) is 38.7 Å². The van der Waals surface area contributed by atoms with E-state index >= 15 is 0 Å². The quantitative estimate of drug-likeness (QED) is 0.859.